The van der Waals surface area contributed by atoms with Gasteiger partial charge in [0.1, 0.15) is 11.2 Å². The monoisotopic (exact) mass is 726 g/mol. The fourth-order valence-electron chi connectivity index (χ4n) is 9.51. The molecule has 264 valence electrons. The molecule has 4 heterocycles. The van der Waals surface area contributed by atoms with Gasteiger partial charge >= 0.3 is 0 Å². The van der Waals surface area contributed by atoms with Gasteiger partial charge in [-0.1, -0.05) is 115 Å². The Morgan fingerprint density at radius 2 is 0.912 bits per heavy atom. The van der Waals surface area contributed by atoms with Crippen molar-refractivity contribution in [2.45, 2.75) is 0 Å². The normalized spacial score (nSPS) is 12.2. The number of furan rings is 1. The topological polar surface area (TPSA) is 48.8 Å². The largest absolute Gasteiger partial charge is 0.456 e. The highest BCUT2D eigenvalue weighted by atomic mass is 16.3. The van der Waals surface area contributed by atoms with Crippen LogP contribution in [-0.2, 0) is 0 Å². The van der Waals surface area contributed by atoms with E-state index in [2.05, 4.69) is 173 Å². The van der Waals surface area contributed by atoms with Gasteiger partial charge in [0.2, 0.25) is 0 Å². The highest BCUT2D eigenvalue weighted by molar-refractivity contribution is 6.29. The number of hydrogen-bond acceptors (Lipinski definition) is 3. The van der Waals surface area contributed by atoms with Crippen LogP contribution in [0.2, 0.25) is 0 Å². The minimum absolute atomic E-state index is 0.707. The molecule has 0 aliphatic rings. The second kappa shape index (κ2) is 11.4. The fourth-order valence-corrected chi connectivity index (χ4v) is 9.51. The van der Waals surface area contributed by atoms with E-state index < -0.39 is 0 Å². The van der Waals surface area contributed by atoms with Gasteiger partial charge in [-0.3, -0.25) is 0 Å². The molecule has 5 nitrogen and oxygen atoms in total. The third-order valence-corrected chi connectivity index (χ3v) is 11.9. The first kappa shape index (κ1) is 30.6. The molecule has 0 amide bonds. The van der Waals surface area contributed by atoms with Crippen LogP contribution >= 0.6 is 0 Å². The lowest BCUT2D eigenvalue weighted by Gasteiger charge is -2.12. The lowest BCUT2D eigenvalue weighted by atomic mass is 9.98. The zero-order chi connectivity index (χ0) is 37.2. The molecule has 4 aromatic heterocycles. The van der Waals surface area contributed by atoms with Gasteiger partial charge in [0.05, 0.1) is 27.6 Å². The highest BCUT2D eigenvalue weighted by Gasteiger charge is 2.21. The Hall–Kier alpha value is -7.76. The van der Waals surface area contributed by atoms with E-state index in [1.807, 2.05) is 18.3 Å². The number of para-hydroxylation sites is 3. The Kier molecular flexibility index (Phi) is 6.10. The molecular formula is C52H30N4O. The molecule has 13 rings (SSSR count). The molecule has 57 heavy (non-hydrogen) atoms. The van der Waals surface area contributed by atoms with Crippen LogP contribution in [0.1, 0.15) is 0 Å². The Balaban J connectivity index is 1.04. The molecule has 5 heteroatoms. The Morgan fingerprint density at radius 3 is 1.61 bits per heavy atom. The van der Waals surface area contributed by atoms with Crippen molar-refractivity contribution in [3.8, 4) is 22.8 Å². The first-order valence-corrected chi connectivity index (χ1v) is 19.3. The molecule has 0 bridgehead atoms. The van der Waals surface area contributed by atoms with Crippen LogP contribution in [0.15, 0.2) is 187 Å². The van der Waals surface area contributed by atoms with E-state index in [0.717, 1.165) is 71.7 Å². The van der Waals surface area contributed by atoms with Gasteiger partial charge in [-0.2, -0.15) is 0 Å². The maximum atomic E-state index is 6.22. The summed E-state index contributed by atoms with van der Waals surface area (Å²) in [6.07, 6.45) is 2.00. The average molecular weight is 727 g/mol. The van der Waals surface area contributed by atoms with Crippen molar-refractivity contribution < 1.29 is 4.42 Å². The number of benzene rings is 9. The van der Waals surface area contributed by atoms with Crippen molar-refractivity contribution in [3.63, 3.8) is 0 Å². The summed E-state index contributed by atoms with van der Waals surface area (Å²) < 4.78 is 11.0. The maximum absolute atomic E-state index is 6.22. The summed E-state index contributed by atoms with van der Waals surface area (Å²) in [7, 11) is 0. The Bertz CT molecular complexity index is 3790. The van der Waals surface area contributed by atoms with Crippen LogP contribution in [0.25, 0.3) is 121 Å². The van der Waals surface area contributed by atoms with Crippen LogP contribution in [0.4, 0.5) is 0 Å². The molecule has 9 aromatic carbocycles. The molecule has 0 saturated carbocycles. The first-order valence-electron chi connectivity index (χ1n) is 19.3. The minimum atomic E-state index is 0.707. The summed E-state index contributed by atoms with van der Waals surface area (Å²) in [5, 5.41) is 12.9. The van der Waals surface area contributed by atoms with E-state index in [9.17, 15) is 0 Å². The predicted molar refractivity (Wildman–Crippen MR) is 236 cm³/mol. The molecule has 0 radical (unpaired) electrons. The predicted octanol–water partition coefficient (Wildman–Crippen LogP) is 13.7. The summed E-state index contributed by atoms with van der Waals surface area (Å²) in [6, 6.07) is 62.7. The zero-order valence-corrected chi connectivity index (χ0v) is 30.5. The summed E-state index contributed by atoms with van der Waals surface area (Å²) in [5.41, 5.74) is 10.5. The standard InChI is InChI=1S/C52H30N4O/c1-2-16-36-34(14-1)35-15-3-4-18-38(35)51-42(36)30-53-52(54-51)31-12-11-13-32(28-31)55-43-21-8-5-19-39(43)49-45(55)25-26-46-50(49)40-20-6-9-22-44(40)56(46)33-24-27-48-41(29-33)37-17-7-10-23-47(37)57-48/h1-30H. The van der Waals surface area contributed by atoms with Crippen molar-refractivity contribution >= 4 is 98.0 Å². The van der Waals surface area contributed by atoms with Crippen molar-refractivity contribution in [1.29, 1.82) is 0 Å². The van der Waals surface area contributed by atoms with Gasteiger partial charge < -0.3 is 13.6 Å². The number of nitrogens with zero attached hydrogens (tertiary/aromatic N) is 4. The van der Waals surface area contributed by atoms with Crippen molar-refractivity contribution in [2.75, 3.05) is 0 Å². The van der Waals surface area contributed by atoms with Gasteiger partial charge in [-0.05, 0) is 76.8 Å². The van der Waals surface area contributed by atoms with Crippen molar-refractivity contribution in [1.82, 2.24) is 19.1 Å². The molecular weight excluding hydrogens is 697 g/mol. The number of hydrogen-bond donors (Lipinski definition) is 0. The summed E-state index contributed by atoms with van der Waals surface area (Å²) >= 11 is 0. The van der Waals surface area contributed by atoms with Gasteiger partial charge in [0, 0.05) is 66.2 Å². The van der Waals surface area contributed by atoms with Crippen LogP contribution < -0.4 is 0 Å². The van der Waals surface area contributed by atoms with Gasteiger partial charge in [0.25, 0.3) is 0 Å². The molecule has 0 spiro atoms. The maximum Gasteiger partial charge on any atom is 0.159 e. The van der Waals surface area contributed by atoms with Crippen LogP contribution in [0.5, 0.6) is 0 Å². The molecule has 0 saturated heterocycles. The quantitative estimate of drug-likeness (QED) is 0.170. The van der Waals surface area contributed by atoms with Crippen molar-refractivity contribution in [3.05, 3.63) is 182 Å². The van der Waals surface area contributed by atoms with E-state index in [1.165, 1.54) is 43.2 Å². The minimum Gasteiger partial charge on any atom is -0.456 e. The first-order chi connectivity index (χ1) is 28.3. The average Bonchev–Trinajstić information content (AvgIpc) is 3.94. The number of rotatable bonds is 3. The SMILES string of the molecule is c1cc(-c2ncc3c4ccccc4c4ccccc4c3n2)cc(-n2c3ccccc3c3c4c5ccccc5n(-c5ccc6oc7ccccc7c6c5)c4ccc32)c1. The van der Waals surface area contributed by atoms with Crippen molar-refractivity contribution in [2.24, 2.45) is 0 Å². The van der Waals surface area contributed by atoms with Crippen LogP contribution in [-0.4, -0.2) is 19.1 Å². The lowest BCUT2D eigenvalue weighted by Crippen LogP contribution is -1.97. The fraction of sp³-hybridized carbons (Fsp3) is 0. The summed E-state index contributed by atoms with van der Waals surface area (Å²) in [5.74, 6) is 0.707. The summed E-state index contributed by atoms with van der Waals surface area (Å²) in [4.78, 5) is 10.3. The smallest absolute Gasteiger partial charge is 0.159 e. The van der Waals surface area contributed by atoms with Crippen LogP contribution in [0, 0.1) is 0 Å². The molecule has 0 fully saturated rings. The molecule has 0 aliphatic carbocycles. The molecule has 0 N–H and O–H groups in total. The highest BCUT2D eigenvalue weighted by Crippen LogP contribution is 2.43. The number of fused-ring (bicyclic) bond motifs is 16. The number of aromatic nitrogens is 4. The van der Waals surface area contributed by atoms with E-state index in [-0.39, 0.29) is 0 Å². The Labute approximate surface area is 325 Å². The second-order valence-corrected chi connectivity index (χ2v) is 14.9. The summed E-state index contributed by atoms with van der Waals surface area (Å²) in [6.45, 7) is 0. The third kappa shape index (κ3) is 4.23. The zero-order valence-electron chi connectivity index (χ0n) is 30.5. The van der Waals surface area contributed by atoms with Gasteiger partial charge in [0.15, 0.2) is 5.82 Å². The molecule has 0 aliphatic heterocycles. The van der Waals surface area contributed by atoms with Gasteiger partial charge in [-0.15, -0.1) is 0 Å². The van der Waals surface area contributed by atoms with E-state index in [0.29, 0.717) is 5.82 Å². The van der Waals surface area contributed by atoms with Gasteiger partial charge in [-0.25, -0.2) is 9.97 Å². The van der Waals surface area contributed by atoms with E-state index in [1.54, 1.807) is 0 Å². The molecule has 13 aromatic rings. The molecule has 0 unspecified atom stereocenters. The Morgan fingerprint density at radius 1 is 0.368 bits per heavy atom. The molecule has 0 atom stereocenters. The second-order valence-electron chi connectivity index (χ2n) is 14.9. The van der Waals surface area contributed by atoms with E-state index in [4.69, 9.17) is 14.4 Å². The lowest BCUT2D eigenvalue weighted by molar-refractivity contribution is 0.669. The van der Waals surface area contributed by atoms with E-state index >= 15 is 0 Å². The van der Waals surface area contributed by atoms with Crippen LogP contribution in [0.3, 0.4) is 0 Å². The third-order valence-electron chi connectivity index (χ3n) is 11.9.